The molecule has 144 valence electrons. The van der Waals surface area contributed by atoms with Crippen LogP contribution in [0.25, 0.3) is 6.08 Å². The number of hydrogen-bond donors (Lipinski definition) is 0. The smallest absolute Gasteiger partial charge is 0.343 e. The van der Waals surface area contributed by atoms with Crippen LogP contribution in [-0.4, -0.2) is 35.7 Å². The lowest BCUT2D eigenvalue weighted by Crippen LogP contribution is -2.27. The van der Waals surface area contributed by atoms with Crippen LogP contribution in [0.3, 0.4) is 0 Å². The molecule has 2 amide bonds. The number of amides is 2. The number of carbonyl (C=O) groups excluding carboxylic acids is 3. The predicted molar refractivity (Wildman–Crippen MR) is 110 cm³/mol. The molecule has 1 saturated heterocycles. The number of carbonyl (C=O) groups is 3. The zero-order chi connectivity index (χ0) is 20.1. The van der Waals surface area contributed by atoms with Gasteiger partial charge in [0.1, 0.15) is 5.75 Å². The van der Waals surface area contributed by atoms with Crippen molar-refractivity contribution in [1.82, 2.24) is 4.90 Å². The molecule has 0 spiro atoms. The van der Waals surface area contributed by atoms with Gasteiger partial charge in [0, 0.05) is 10.0 Å². The standard InChI is InChI=1S/C20H16BrNO5S/c1-26-18(23)12-27-16-8-7-15(21)9-14(16)10-17-19(24)22(20(25)28-17)11-13-5-3-2-4-6-13/h2-10H,11-12H2,1H3/b17-10+. The van der Waals surface area contributed by atoms with Gasteiger partial charge in [0.2, 0.25) is 0 Å². The highest BCUT2D eigenvalue weighted by atomic mass is 79.9. The molecule has 0 atom stereocenters. The van der Waals surface area contributed by atoms with Crippen molar-refractivity contribution in [3.8, 4) is 5.75 Å². The Bertz CT molecular complexity index is 945. The number of rotatable bonds is 6. The molecule has 2 aromatic rings. The molecule has 0 aliphatic carbocycles. The molecule has 0 bridgehead atoms. The average molecular weight is 462 g/mol. The van der Waals surface area contributed by atoms with Gasteiger partial charge in [0.05, 0.1) is 18.6 Å². The molecular formula is C20H16BrNO5S. The Morgan fingerprint density at radius 2 is 1.93 bits per heavy atom. The van der Waals surface area contributed by atoms with Crippen molar-refractivity contribution in [2.45, 2.75) is 6.54 Å². The van der Waals surface area contributed by atoms with Crippen LogP contribution in [-0.2, 0) is 20.9 Å². The highest BCUT2D eigenvalue weighted by Gasteiger charge is 2.35. The number of halogens is 1. The first kappa shape index (κ1) is 20.2. The van der Waals surface area contributed by atoms with Crippen LogP contribution in [0, 0.1) is 0 Å². The molecule has 1 aliphatic heterocycles. The molecule has 0 radical (unpaired) electrons. The maximum atomic E-state index is 12.7. The van der Waals surface area contributed by atoms with E-state index in [2.05, 4.69) is 20.7 Å². The summed E-state index contributed by atoms with van der Waals surface area (Å²) in [5.41, 5.74) is 1.44. The second-order valence-corrected chi connectivity index (χ2v) is 7.71. The van der Waals surface area contributed by atoms with Crippen molar-refractivity contribution < 1.29 is 23.9 Å². The lowest BCUT2D eigenvalue weighted by molar-refractivity contribution is -0.142. The third-order valence-electron chi connectivity index (χ3n) is 3.89. The fourth-order valence-corrected chi connectivity index (χ4v) is 3.71. The minimum atomic E-state index is -0.517. The Morgan fingerprint density at radius 3 is 2.64 bits per heavy atom. The van der Waals surface area contributed by atoms with Crippen molar-refractivity contribution in [1.29, 1.82) is 0 Å². The number of imide groups is 1. The highest BCUT2D eigenvalue weighted by Crippen LogP contribution is 2.35. The van der Waals surface area contributed by atoms with Crippen LogP contribution in [0.4, 0.5) is 4.79 Å². The number of methoxy groups -OCH3 is 1. The average Bonchev–Trinajstić information content (AvgIpc) is 2.95. The van der Waals surface area contributed by atoms with E-state index in [-0.39, 0.29) is 24.3 Å². The highest BCUT2D eigenvalue weighted by molar-refractivity contribution is 9.10. The number of nitrogens with zero attached hydrogens (tertiary/aromatic N) is 1. The van der Waals surface area contributed by atoms with E-state index in [1.54, 1.807) is 24.3 Å². The normalized spacial score (nSPS) is 15.2. The molecule has 0 N–H and O–H groups in total. The van der Waals surface area contributed by atoms with Crippen LogP contribution in [0.1, 0.15) is 11.1 Å². The molecule has 1 aliphatic rings. The predicted octanol–water partition coefficient (Wildman–Crippen LogP) is 4.24. The Morgan fingerprint density at radius 1 is 1.18 bits per heavy atom. The summed E-state index contributed by atoms with van der Waals surface area (Å²) in [6.45, 7) is -0.0402. The fourth-order valence-electron chi connectivity index (χ4n) is 2.50. The molecule has 3 rings (SSSR count). The van der Waals surface area contributed by atoms with Crippen molar-refractivity contribution in [3.05, 3.63) is 69.0 Å². The molecule has 0 aromatic heterocycles. The van der Waals surface area contributed by atoms with E-state index >= 15 is 0 Å². The first-order valence-corrected chi connectivity index (χ1v) is 9.87. The quantitative estimate of drug-likeness (QED) is 0.473. The summed E-state index contributed by atoms with van der Waals surface area (Å²) in [7, 11) is 1.27. The van der Waals surface area contributed by atoms with E-state index in [1.807, 2.05) is 30.3 Å². The second-order valence-electron chi connectivity index (χ2n) is 5.80. The molecule has 0 unspecified atom stereocenters. The van der Waals surface area contributed by atoms with Crippen molar-refractivity contribution >= 4 is 50.9 Å². The summed E-state index contributed by atoms with van der Waals surface area (Å²) in [6, 6.07) is 14.5. The van der Waals surface area contributed by atoms with Gasteiger partial charge in [-0.15, -0.1) is 0 Å². The number of ether oxygens (including phenoxy) is 2. The van der Waals surface area contributed by atoms with E-state index in [4.69, 9.17) is 4.74 Å². The van der Waals surface area contributed by atoms with Crippen LogP contribution < -0.4 is 4.74 Å². The molecule has 2 aromatic carbocycles. The first-order chi connectivity index (χ1) is 13.5. The van der Waals surface area contributed by atoms with Gasteiger partial charge in [-0.2, -0.15) is 0 Å². The molecule has 6 nitrogen and oxygen atoms in total. The third-order valence-corrected chi connectivity index (χ3v) is 5.29. The first-order valence-electron chi connectivity index (χ1n) is 8.26. The van der Waals surface area contributed by atoms with E-state index in [1.165, 1.54) is 12.0 Å². The molecule has 1 fully saturated rings. The number of benzene rings is 2. The minimum absolute atomic E-state index is 0.215. The van der Waals surface area contributed by atoms with Crippen LogP contribution in [0.2, 0.25) is 0 Å². The second kappa shape index (κ2) is 9.07. The summed E-state index contributed by atoms with van der Waals surface area (Å²) in [6.07, 6.45) is 1.59. The van der Waals surface area contributed by atoms with Gasteiger partial charge in [0.25, 0.3) is 11.1 Å². The molecule has 28 heavy (non-hydrogen) atoms. The zero-order valence-electron chi connectivity index (χ0n) is 14.9. The van der Waals surface area contributed by atoms with Crippen molar-refractivity contribution in [2.24, 2.45) is 0 Å². The van der Waals surface area contributed by atoms with Crippen LogP contribution in [0.5, 0.6) is 5.75 Å². The maximum Gasteiger partial charge on any atom is 0.343 e. The summed E-state index contributed by atoms with van der Waals surface area (Å²) < 4.78 is 10.8. The largest absolute Gasteiger partial charge is 0.481 e. The van der Waals surface area contributed by atoms with Gasteiger partial charge in [-0.05, 0) is 41.6 Å². The van der Waals surface area contributed by atoms with E-state index in [9.17, 15) is 14.4 Å². The molecule has 8 heteroatoms. The molecule has 1 heterocycles. The lowest BCUT2D eigenvalue weighted by atomic mass is 10.1. The molecular weight excluding hydrogens is 446 g/mol. The topological polar surface area (TPSA) is 72.9 Å². The Kier molecular flexibility index (Phi) is 6.53. The number of esters is 1. The van der Waals surface area contributed by atoms with E-state index in [0.29, 0.717) is 16.2 Å². The summed E-state index contributed by atoms with van der Waals surface area (Å²) in [5.74, 6) is -0.474. The van der Waals surface area contributed by atoms with Gasteiger partial charge in [-0.1, -0.05) is 46.3 Å². The van der Waals surface area contributed by atoms with Gasteiger partial charge < -0.3 is 9.47 Å². The summed E-state index contributed by atoms with van der Waals surface area (Å²) >= 11 is 4.25. The lowest BCUT2D eigenvalue weighted by Gasteiger charge is -2.12. The number of hydrogen-bond acceptors (Lipinski definition) is 6. The summed E-state index contributed by atoms with van der Waals surface area (Å²) in [5, 5.41) is -0.327. The van der Waals surface area contributed by atoms with E-state index in [0.717, 1.165) is 21.8 Å². The maximum absolute atomic E-state index is 12.7. The number of thioether (sulfide) groups is 1. The Balaban J connectivity index is 1.83. The van der Waals surface area contributed by atoms with Crippen molar-refractivity contribution in [3.63, 3.8) is 0 Å². The fraction of sp³-hybridized carbons (Fsp3) is 0.150. The van der Waals surface area contributed by atoms with Crippen LogP contribution in [0.15, 0.2) is 57.9 Å². The minimum Gasteiger partial charge on any atom is -0.481 e. The monoisotopic (exact) mass is 461 g/mol. The van der Waals surface area contributed by atoms with Crippen LogP contribution >= 0.6 is 27.7 Å². The van der Waals surface area contributed by atoms with Gasteiger partial charge in [-0.3, -0.25) is 14.5 Å². The SMILES string of the molecule is COC(=O)COc1ccc(Br)cc1/C=C1/SC(=O)N(Cc2ccccc2)C1=O. The van der Waals surface area contributed by atoms with Crippen molar-refractivity contribution in [2.75, 3.05) is 13.7 Å². The van der Waals surface area contributed by atoms with Gasteiger partial charge in [0.15, 0.2) is 6.61 Å². The van der Waals surface area contributed by atoms with Gasteiger partial charge in [-0.25, -0.2) is 4.79 Å². The Labute approximate surface area is 174 Å². The van der Waals surface area contributed by atoms with Gasteiger partial charge >= 0.3 is 5.97 Å². The Hall–Kier alpha value is -2.58. The zero-order valence-corrected chi connectivity index (χ0v) is 17.3. The molecule has 0 saturated carbocycles. The van der Waals surface area contributed by atoms with E-state index < -0.39 is 5.97 Å². The summed E-state index contributed by atoms with van der Waals surface area (Å²) in [4.78, 5) is 37.9. The third kappa shape index (κ3) is 4.82.